The number of benzene rings is 2. The molecule has 43 heavy (non-hydrogen) atoms. The van der Waals surface area contributed by atoms with Gasteiger partial charge in [-0.25, -0.2) is 14.8 Å². The minimum absolute atomic E-state index is 0.0696. The Bertz CT molecular complexity index is 1580. The first-order chi connectivity index (χ1) is 20.7. The van der Waals surface area contributed by atoms with Gasteiger partial charge in [-0.3, -0.25) is 9.20 Å². The van der Waals surface area contributed by atoms with E-state index >= 15 is 0 Å². The molecule has 3 amide bonds. The first-order valence-corrected chi connectivity index (χ1v) is 13.9. The van der Waals surface area contributed by atoms with Crippen LogP contribution in [0.15, 0.2) is 61.1 Å². The number of hydrogen-bond acceptors (Lipinski definition) is 7. The Kier molecular flexibility index (Phi) is 9.00. The zero-order chi connectivity index (χ0) is 30.5. The second-order valence-electron chi connectivity index (χ2n) is 10.5. The number of nitrogens with zero attached hydrogens (tertiary/aromatic N) is 6. The van der Waals surface area contributed by atoms with E-state index in [1.165, 1.54) is 12.1 Å². The largest absolute Gasteiger partial charge is 0.435 e. The molecule has 226 valence electrons. The molecule has 1 aliphatic rings. The Morgan fingerprint density at radius 1 is 1.02 bits per heavy atom. The molecule has 1 saturated heterocycles. The molecule has 3 heterocycles. The minimum atomic E-state index is -2.88. The number of fused-ring (bicyclic) bond motifs is 1. The summed E-state index contributed by atoms with van der Waals surface area (Å²) in [4.78, 5) is 40.2. The number of imidazole rings is 1. The predicted molar refractivity (Wildman–Crippen MR) is 159 cm³/mol. The molecule has 0 bridgehead atoms. The number of carbonyl (C=O) groups excluding carboxylic acids is 2. The third kappa shape index (κ3) is 7.00. The van der Waals surface area contributed by atoms with Crippen molar-refractivity contribution in [2.24, 2.45) is 0 Å². The maximum atomic E-state index is 13.3. The monoisotopic (exact) mass is 592 g/mol. The van der Waals surface area contributed by atoms with Crippen molar-refractivity contribution in [2.75, 3.05) is 58.7 Å². The van der Waals surface area contributed by atoms with Gasteiger partial charge in [-0.1, -0.05) is 0 Å². The second-order valence-corrected chi connectivity index (χ2v) is 10.5. The molecule has 2 N–H and O–H groups in total. The molecule has 1 aliphatic heterocycles. The summed E-state index contributed by atoms with van der Waals surface area (Å²) in [5, 5.41) is 6.21. The van der Waals surface area contributed by atoms with Gasteiger partial charge in [0.05, 0.1) is 11.9 Å². The number of nitrogens with one attached hydrogen (secondary N) is 2. The Hall–Kier alpha value is -4.78. The van der Waals surface area contributed by atoms with Gasteiger partial charge in [0.2, 0.25) is 0 Å². The van der Waals surface area contributed by atoms with Crippen LogP contribution in [0, 0.1) is 6.92 Å². The summed E-state index contributed by atoms with van der Waals surface area (Å²) >= 11 is 0. The summed E-state index contributed by atoms with van der Waals surface area (Å²) < 4.78 is 31.3. The molecule has 0 radical (unpaired) electrons. The molecule has 13 heteroatoms. The number of rotatable bonds is 9. The lowest BCUT2D eigenvalue weighted by Crippen LogP contribution is -2.53. The highest BCUT2D eigenvalue weighted by molar-refractivity contribution is 5.96. The number of urea groups is 1. The molecule has 0 spiro atoms. The summed E-state index contributed by atoms with van der Waals surface area (Å²) in [5.74, 6) is 0.527. The molecule has 4 aromatic rings. The Labute approximate surface area is 248 Å². The lowest BCUT2D eigenvalue weighted by molar-refractivity contribution is -0.0498. The van der Waals surface area contributed by atoms with Crippen LogP contribution in [-0.2, 0) is 0 Å². The number of hydrogen-bond donors (Lipinski definition) is 2. The number of piperazine rings is 1. The maximum Gasteiger partial charge on any atom is 0.387 e. The van der Waals surface area contributed by atoms with E-state index in [0.29, 0.717) is 49.8 Å². The van der Waals surface area contributed by atoms with Gasteiger partial charge in [0.1, 0.15) is 5.75 Å². The van der Waals surface area contributed by atoms with E-state index in [-0.39, 0.29) is 17.7 Å². The summed E-state index contributed by atoms with van der Waals surface area (Å²) in [6.45, 7) is 2.24. The van der Waals surface area contributed by atoms with Crippen LogP contribution in [0.1, 0.15) is 15.9 Å². The lowest BCUT2D eigenvalue weighted by atomic mass is 10.1. The lowest BCUT2D eigenvalue weighted by Gasteiger charge is -2.35. The van der Waals surface area contributed by atoms with E-state index in [2.05, 4.69) is 25.3 Å². The Morgan fingerprint density at radius 2 is 1.74 bits per heavy atom. The van der Waals surface area contributed by atoms with Crippen LogP contribution in [0.25, 0.3) is 16.9 Å². The van der Waals surface area contributed by atoms with Crippen molar-refractivity contribution < 1.29 is 23.1 Å². The highest BCUT2D eigenvalue weighted by atomic mass is 19.3. The molecule has 11 nitrogen and oxygen atoms in total. The van der Waals surface area contributed by atoms with E-state index in [0.717, 1.165) is 29.1 Å². The highest BCUT2D eigenvalue weighted by Gasteiger charge is 2.25. The van der Waals surface area contributed by atoms with Crippen LogP contribution in [0.4, 0.5) is 25.1 Å². The van der Waals surface area contributed by atoms with E-state index in [1.807, 2.05) is 42.5 Å². The number of amides is 3. The molecule has 0 saturated carbocycles. The summed E-state index contributed by atoms with van der Waals surface area (Å²) in [6.07, 6.45) is 5.10. The number of likely N-dealkylation sites (N-methyl/N-ethyl adjacent to an activating group) is 1. The van der Waals surface area contributed by atoms with Crippen molar-refractivity contribution in [2.45, 2.75) is 13.5 Å². The average Bonchev–Trinajstić information content (AvgIpc) is 3.42. The molecular formula is C30H34F2N8O3. The topological polar surface area (TPSA) is 107 Å². The molecule has 0 aliphatic carbocycles. The molecule has 2 aromatic heterocycles. The fourth-order valence-corrected chi connectivity index (χ4v) is 4.93. The van der Waals surface area contributed by atoms with Crippen molar-refractivity contribution in [1.29, 1.82) is 0 Å². The number of anilines is 2. The predicted octanol–water partition coefficient (Wildman–Crippen LogP) is 4.08. The maximum absolute atomic E-state index is 13.3. The van der Waals surface area contributed by atoms with Crippen molar-refractivity contribution in [3.8, 4) is 17.0 Å². The number of halogens is 2. The van der Waals surface area contributed by atoms with E-state index in [9.17, 15) is 18.4 Å². The van der Waals surface area contributed by atoms with Crippen LogP contribution >= 0.6 is 0 Å². The molecule has 0 atom stereocenters. The average molecular weight is 593 g/mol. The van der Waals surface area contributed by atoms with Crippen molar-refractivity contribution >= 4 is 29.1 Å². The van der Waals surface area contributed by atoms with E-state index in [4.69, 9.17) is 0 Å². The normalized spacial score (nSPS) is 13.6. The van der Waals surface area contributed by atoms with Gasteiger partial charge in [-0.05, 0) is 69.0 Å². The number of aryl methyl sites for hydroxylation is 1. The smallest absolute Gasteiger partial charge is 0.387 e. The quantitative estimate of drug-likeness (QED) is 0.302. The minimum Gasteiger partial charge on any atom is -0.435 e. The highest BCUT2D eigenvalue weighted by Crippen LogP contribution is 2.28. The molecule has 1 fully saturated rings. The molecule has 0 unspecified atom stereocenters. The number of aromatic nitrogens is 3. The Morgan fingerprint density at radius 3 is 2.42 bits per heavy atom. The third-order valence-corrected chi connectivity index (χ3v) is 7.21. The Balaban J connectivity index is 1.23. The standard InChI is InChI=1S/C30H34F2N8O3/c1-20-18-22(6-9-24(20)28(41)38-14-16-39(17-15-38)30(42)34-10-12-37(2)3)36-26-27-35-19-25(40(27)13-11-33-26)21-4-7-23(8-5-21)43-29(31)32/h4-9,11,13,18-19,29H,10,12,14-17H2,1-3H3,(H,33,36)(H,34,42). The summed E-state index contributed by atoms with van der Waals surface area (Å²) in [5.41, 5.74) is 4.26. The van der Waals surface area contributed by atoms with Gasteiger partial charge in [0.15, 0.2) is 11.5 Å². The van der Waals surface area contributed by atoms with Crippen LogP contribution in [0.3, 0.4) is 0 Å². The van der Waals surface area contributed by atoms with Crippen LogP contribution in [-0.4, -0.2) is 101 Å². The van der Waals surface area contributed by atoms with Gasteiger partial charge in [0.25, 0.3) is 5.91 Å². The fourth-order valence-electron chi connectivity index (χ4n) is 4.93. The first kappa shape index (κ1) is 29.7. The van der Waals surface area contributed by atoms with Crippen molar-refractivity contribution in [3.63, 3.8) is 0 Å². The summed E-state index contributed by atoms with van der Waals surface area (Å²) in [6, 6.07) is 11.7. The molecule has 5 rings (SSSR count). The van der Waals surface area contributed by atoms with Crippen molar-refractivity contribution in [1.82, 2.24) is 34.4 Å². The number of carbonyl (C=O) groups is 2. The summed E-state index contributed by atoms with van der Waals surface area (Å²) in [7, 11) is 3.91. The van der Waals surface area contributed by atoms with Crippen LogP contribution < -0.4 is 15.4 Å². The number of alkyl halides is 2. The van der Waals surface area contributed by atoms with Crippen molar-refractivity contribution in [3.05, 3.63) is 72.2 Å². The van der Waals surface area contributed by atoms with Gasteiger partial charge in [-0.2, -0.15) is 8.78 Å². The molecular weight excluding hydrogens is 558 g/mol. The van der Waals surface area contributed by atoms with Gasteiger partial charge in [0, 0.05) is 68.5 Å². The van der Waals surface area contributed by atoms with Gasteiger partial charge < -0.3 is 30.1 Å². The second kappa shape index (κ2) is 13.0. The van der Waals surface area contributed by atoms with E-state index < -0.39 is 6.61 Å². The molecule has 2 aromatic carbocycles. The van der Waals surface area contributed by atoms with Crippen LogP contribution in [0.2, 0.25) is 0 Å². The number of ether oxygens (including phenoxy) is 1. The zero-order valence-electron chi connectivity index (χ0n) is 24.3. The van der Waals surface area contributed by atoms with Gasteiger partial charge >= 0.3 is 12.6 Å². The van der Waals surface area contributed by atoms with Gasteiger partial charge in [-0.15, -0.1) is 0 Å². The van der Waals surface area contributed by atoms with Crippen LogP contribution in [0.5, 0.6) is 5.75 Å². The van der Waals surface area contributed by atoms with E-state index in [1.54, 1.807) is 46.6 Å². The fraction of sp³-hybridized carbons (Fsp3) is 0.333. The zero-order valence-corrected chi connectivity index (χ0v) is 24.3. The third-order valence-electron chi connectivity index (χ3n) is 7.21. The first-order valence-electron chi connectivity index (χ1n) is 13.9. The SMILES string of the molecule is Cc1cc(Nc2nccn3c(-c4ccc(OC(F)F)cc4)cnc23)ccc1C(=O)N1CCN(C(=O)NCCN(C)C)CC1.